The molecule has 1 amide bonds. The molecule has 2 aromatic heterocycles. The molecule has 194 valence electrons. The van der Waals surface area contributed by atoms with E-state index >= 15 is 0 Å². The molecule has 2 aliphatic heterocycles. The number of para-hydroxylation sites is 1. The van der Waals surface area contributed by atoms with Crippen molar-refractivity contribution in [1.82, 2.24) is 15.2 Å². The molecule has 1 spiro atoms. The number of nitrogens with zero attached hydrogens (tertiary/aromatic N) is 2. The van der Waals surface area contributed by atoms with Crippen LogP contribution in [0.4, 0.5) is 5.69 Å². The quantitative estimate of drug-likeness (QED) is 0.284. The van der Waals surface area contributed by atoms with E-state index < -0.39 is 0 Å². The number of fused-ring (bicyclic) bond motifs is 2. The number of benzene rings is 2. The number of H-pyrrole nitrogens is 1. The van der Waals surface area contributed by atoms with Gasteiger partial charge in [-0.2, -0.15) is 0 Å². The Balaban J connectivity index is 1.14. The van der Waals surface area contributed by atoms with Gasteiger partial charge in [-0.1, -0.05) is 44.0 Å². The zero-order chi connectivity index (χ0) is 25.4. The Kier molecular flexibility index (Phi) is 6.72. The minimum absolute atomic E-state index is 0.0500. The van der Waals surface area contributed by atoms with E-state index in [9.17, 15) is 4.79 Å². The Hall–Kier alpha value is -2.83. The van der Waals surface area contributed by atoms with Crippen molar-refractivity contribution in [3.63, 3.8) is 0 Å². The van der Waals surface area contributed by atoms with Crippen molar-refractivity contribution in [1.29, 1.82) is 0 Å². The second-order valence-corrected chi connectivity index (χ2v) is 12.5. The summed E-state index contributed by atoms with van der Waals surface area (Å²) in [5.74, 6) is 0.0500. The van der Waals surface area contributed by atoms with Crippen LogP contribution in [0, 0.1) is 5.41 Å². The number of anilines is 1. The maximum Gasteiger partial charge on any atom is 0.261 e. The fourth-order valence-corrected chi connectivity index (χ4v) is 7.42. The molecule has 0 aliphatic carbocycles. The standard InChI is InChI=1S/C31H38N4OS/c1-3-4-8-24(18-25-16-22-7-5-6-9-27(22)32-25)33-30(36)29-17-23-10-11-26(19-28(23)37-29)35-14-12-31(13-15-35)20-34(2)21-31/h5-7,9-11,16-17,19,24,32H,3-4,8,12-15,18,20-21H2,1-2H3,(H,33,36). The summed E-state index contributed by atoms with van der Waals surface area (Å²) in [5.41, 5.74) is 4.19. The lowest BCUT2D eigenvalue weighted by Gasteiger charge is -2.53. The van der Waals surface area contributed by atoms with E-state index in [4.69, 9.17) is 0 Å². The third kappa shape index (κ3) is 5.14. The molecule has 0 bridgehead atoms. The van der Waals surface area contributed by atoms with E-state index in [-0.39, 0.29) is 11.9 Å². The van der Waals surface area contributed by atoms with Crippen molar-refractivity contribution in [2.45, 2.75) is 51.5 Å². The van der Waals surface area contributed by atoms with Gasteiger partial charge in [-0.3, -0.25) is 4.79 Å². The summed E-state index contributed by atoms with van der Waals surface area (Å²) in [5, 5.41) is 5.75. The van der Waals surface area contributed by atoms with E-state index in [0.29, 0.717) is 5.41 Å². The first kappa shape index (κ1) is 24.5. The predicted octanol–water partition coefficient (Wildman–Crippen LogP) is 6.45. The van der Waals surface area contributed by atoms with Crippen LogP contribution in [0.15, 0.2) is 54.6 Å². The summed E-state index contributed by atoms with van der Waals surface area (Å²) >= 11 is 1.62. The molecule has 1 atom stereocenters. The Morgan fingerprint density at radius 3 is 2.65 bits per heavy atom. The first-order valence-electron chi connectivity index (χ1n) is 13.8. The zero-order valence-electron chi connectivity index (χ0n) is 22.1. The summed E-state index contributed by atoms with van der Waals surface area (Å²) < 4.78 is 1.20. The van der Waals surface area contributed by atoms with Crippen molar-refractivity contribution in [2.75, 3.05) is 38.1 Å². The number of hydrogen-bond acceptors (Lipinski definition) is 4. The molecule has 4 aromatic rings. The van der Waals surface area contributed by atoms with E-state index in [1.807, 2.05) is 0 Å². The molecule has 6 heteroatoms. The number of aromatic amines is 1. The number of nitrogens with one attached hydrogen (secondary N) is 2. The van der Waals surface area contributed by atoms with Gasteiger partial charge in [-0.15, -0.1) is 11.3 Å². The van der Waals surface area contributed by atoms with Crippen LogP contribution in [0.25, 0.3) is 21.0 Å². The highest BCUT2D eigenvalue weighted by Gasteiger charge is 2.43. The minimum Gasteiger partial charge on any atom is -0.371 e. The molecule has 2 N–H and O–H groups in total. The maximum atomic E-state index is 13.3. The van der Waals surface area contributed by atoms with E-state index in [1.54, 1.807) is 11.3 Å². The van der Waals surface area contributed by atoms with Crippen molar-refractivity contribution < 1.29 is 4.79 Å². The number of likely N-dealkylation sites (tertiary alicyclic amines) is 1. The van der Waals surface area contributed by atoms with Crippen molar-refractivity contribution >= 4 is 43.9 Å². The van der Waals surface area contributed by atoms with Crippen LogP contribution in [0.3, 0.4) is 0 Å². The Bertz CT molecular complexity index is 1360. The molecule has 37 heavy (non-hydrogen) atoms. The number of amides is 1. The monoisotopic (exact) mass is 514 g/mol. The number of unbranched alkanes of at least 4 members (excludes halogenated alkanes) is 1. The van der Waals surface area contributed by atoms with Crippen LogP contribution in [0.1, 0.15) is 54.4 Å². The van der Waals surface area contributed by atoms with Crippen molar-refractivity contribution in [3.05, 3.63) is 65.2 Å². The van der Waals surface area contributed by atoms with E-state index in [1.165, 1.54) is 47.4 Å². The maximum absolute atomic E-state index is 13.3. The summed E-state index contributed by atoms with van der Waals surface area (Å²) in [6.45, 7) is 6.97. The summed E-state index contributed by atoms with van der Waals surface area (Å²) in [4.78, 5) is 22.7. The fraction of sp³-hybridized carbons (Fsp3) is 0.452. The van der Waals surface area contributed by atoms with Gasteiger partial charge in [0.2, 0.25) is 0 Å². The number of aromatic nitrogens is 1. The van der Waals surface area contributed by atoms with Gasteiger partial charge in [0.05, 0.1) is 4.88 Å². The summed E-state index contributed by atoms with van der Waals surface area (Å²) in [7, 11) is 2.23. The van der Waals surface area contributed by atoms with Crippen LogP contribution in [-0.4, -0.2) is 55.1 Å². The molecular formula is C31H38N4OS. The second-order valence-electron chi connectivity index (χ2n) is 11.4. The Labute approximate surface area is 223 Å². The van der Waals surface area contributed by atoms with Gasteiger partial charge in [-0.05, 0) is 72.8 Å². The van der Waals surface area contributed by atoms with E-state index in [2.05, 4.69) is 88.7 Å². The molecule has 2 fully saturated rings. The molecule has 1 unspecified atom stereocenters. The molecule has 6 rings (SSSR count). The fourth-order valence-electron chi connectivity index (χ4n) is 6.42. The first-order valence-corrected chi connectivity index (χ1v) is 14.7. The number of carbonyl (C=O) groups is 1. The SMILES string of the molecule is CCCCC(Cc1cc2ccccc2[nH]1)NC(=O)c1cc2ccc(N3CCC4(CC3)CN(C)C4)cc2s1. The Morgan fingerprint density at radius 2 is 1.89 bits per heavy atom. The predicted molar refractivity (Wildman–Crippen MR) is 156 cm³/mol. The number of carbonyl (C=O) groups excluding carboxylic acids is 1. The van der Waals surface area contributed by atoms with Gasteiger partial charge < -0.3 is 20.1 Å². The van der Waals surface area contributed by atoms with Crippen LogP contribution in [0.2, 0.25) is 0 Å². The van der Waals surface area contributed by atoms with Gasteiger partial charge in [0.1, 0.15) is 0 Å². The normalized spacial score (nSPS) is 18.4. The lowest BCUT2D eigenvalue weighted by atomic mass is 9.72. The highest BCUT2D eigenvalue weighted by molar-refractivity contribution is 7.20. The first-order chi connectivity index (χ1) is 18.0. The number of rotatable bonds is 8. The summed E-state index contributed by atoms with van der Waals surface area (Å²) in [6, 6.07) is 19.5. The van der Waals surface area contributed by atoms with Crippen LogP contribution in [-0.2, 0) is 6.42 Å². The van der Waals surface area contributed by atoms with Gasteiger partial charge in [0.25, 0.3) is 5.91 Å². The van der Waals surface area contributed by atoms with Crippen LogP contribution in [0.5, 0.6) is 0 Å². The molecular weight excluding hydrogens is 476 g/mol. The molecule has 0 saturated carbocycles. The second kappa shape index (κ2) is 10.1. The molecule has 2 aliphatic rings. The molecule has 2 aromatic carbocycles. The van der Waals surface area contributed by atoms with Gasteiger partial charge in [0, 0.05) is 60.2 Å². The van der Waals surface area contributed by atoms with Gasteiger partial charge in [-0.25, -0.2) is 0 Å². The minimum atomic E-state index is 0.0500. The molecule has 4 heterocycles. The molecule has 2 saturated heterocycles. The van der Waals surface area contributed by atoms with Crippen LogP contribution >= 0.6 is 11.3 Å². The van der Waals surface area contributed by atoms with Gasteiger partial charge >= 0.3 is 0 Å². The third-order valence-electron chi connectivity index (χ3n) is 8.42. The van der Waals surface area contributed by atoms with Crippen LogP contribution < -0.4 is 10.2 Å². The zero-order valence-corrected chi connectivity index (χ0v) is 22.9. The summed E-state index contributed by atoms with van der Waals surface area (Å²) in [6.07, 6.45) is 6.60. The van der Waals surface area contributed by atoms with Gasteiger partial charge in [0.15, 0.2) is 0 Å². The largest absolute Gasteiger partial charge is 0.371 e. The molecule has 0 radical (unpaired) electrons. The lowest BCUT2D eigenvalue weighted by molar-refractivity contribution is 0.00132. The number of piperidine rings is 1. The van der Waals surface area contributed by atoms with Crippen molar-refractivity contribution in [3.8, 4) is 0 Å². The third-order valence-corrected chi connectivity index (χ3v) is 9.52. The highest BCUT2D eigenvalue weighted by Crippen LogP contribution is 2.41. The Morgan fingerprint density at radius 1 is 1.08 bits per heavy atom. The topological polar surface area (TPSA) is 51.4 Å². The number of hydrogen-bond donors (Lipinski definition) is 2. The smallest absolute Gasteiger partial charge is 0.261 e. The highest BCUT2D eigenvalue weighted by atomic mass is 32.1. The number of thiophene rings is 1. The van der Waals surface area contributed by atoms with E-state index in [0.717, 1.165) is 54.6 Å². The average Bonchev–Trinajstić information content (AvgIpc) is 3.50. The lowest BCUT2D eigenvalue weighted by Crippen LogP contribution is -2.58. The van der Waals surface area contributed by atoms with Crippen molar-refractivity contribution in [2.24, 2.45) is 5.41 Å². The average molecular weight is 515 g/mol. The molecule has 5 nitrogen and oxygen atoms in total.